The molecule has 2 aromatic rings. The third-order valence-corrected chi connectivity index (χ3v) is 4.63. The zero-order valence-electron chi connectivity index (χ0n) is 12.9. The third-order valence-electron chi connectivity index (χ3n) is 2.63. The highest BCUT2D eigenvalue weighted by atomic mass is 32.2. The fourth-order valence-electron chi connectivity index (χ4n) is 1.56. The van der Waals surface area contributed by atoms with E-state index in [1.165, 1.54) is 36.0 Å². The van der Waals surface area contributed by atoms with Gasteiger partial charge in [0.05, 0.1) is 6.61 Å². The van der Waals surface area contributed by atoms with E-state index in [0.717, 1.165) is 11.3 Å². The molecule has 0 saturated heterocycles. The molecule has 0 radical (unpaired) electrons. The maximum Gasteiger partial charge on any atom is 0.325 e. The maximum absolute atomic E-state index is 12.8. The Balaban J connectivity index is 1.87. The standard InChI is InChI=1S/C14H15FN4O3S2/c1-3-22-11(20)8(2)23-14-19-18-13(24-14)17-12(21)16-10-6-4-9(15)5-7-10/h4-8H,3H2,1-2H3,(H2,16,17,18,21)/t8-/m1/s1. The van der Waals surface area contributed by atoms with Crippen molar-refractivity contribution in [3.8, 4) is 0 Å². The molecule has 0 bridgehead atoms. The number of nitrogens with one attached hydrogen (secondary N) is 2. The van der Waals surface area contributed by atoms with Crippen molar-refractivity contribution in [2.45, 2.75) is 23.4 Å². The summed E-state index contributed by atoms with van der Waals surface area (Å²) < 4.78 is 18.3. The highest BCUT2D eigenvalue weighted by Gasteiger charge is 2.18. The monoisotopic (exact) mass is 370 g/mol. The van der Waals surface area contributed by atoms with Gasteiger partial charge in [-0.05, 0) is 38.1 Å². The maximum atomic E-state index is 12.8. The fourth-order valence-corrected chi connectivity index (χ4v) is 3.45. The lowest BCUT2D eigenvalue weighted by Crippen LogP contribution is -2.19. The highest BCUT2D eigenvalue weighted by Crippen LogP contribution is 2.29. The van der Waals surface area contributed by atoms with Gasteiger partial charge in [-0.3, -0.25) is 10.1 Å². The average molecular weight is 370 g/mol. The van der Waals surface area contributed by atoms with Crippen LogP contribution in [0.1, 0.15) is 13.8 Å². The molecular formula is C14H15FN4O3S2. The first-order valence-electron chi connectivity index (χ1n) is 6.98. The van der Waals surface area contributed by atoms with Crippen molar-refractivity contribution in [2.24, 2.45) is 0 Å². The van der Waals surface area contributed by atoms with Crippen molar-refractivity contribution in [3.63, 3.8) is 0 Å². The Morgan fingerprint density at radius 3 is 2.67 bits per heavy atom. The predicted octanol–water partition coefficient (Wildman–Crippen LogP) is 3.36. The number of halogens is 1. The van der Waals surface area contributed by atoms with Gasteiger partial charge in [-0.25, -0.2) is 9.18 Å². The Morgan fingerprint density at radius 2 is 2.00 bits per heavy atom. The molecule has 7 nitrogen and oxygen atoms in total. The number of rotatable bonds is 6. The van der Waals surface area contributed by atoms with Gasteiger partial charge in [0.25, 0.3) is 0 Å². The zero-order valence-corrected chi connectivity index (χ0v) is 14.5. The number of carbonyl (C=O) groups excluding carboxylic acids is 2. The Labute approximate surface area is 146 Å². The van der Waals surface area contributed by atoms with E-state index in [2.05, 4.69) is 20.8 Å². The van der Waals surface area contributed by atoms with Gasteiger partial charge in [-0.1, -0.05) is 23.1 Å². The number of thioether (sulfide) groups is 1. The number of hydrogen-bond donors (Lipinski definition) is 2. The lowest BCUT2D eigenvalue weighted by Gasteiger charge is -2.07. The van der Waals surface area contributed by atoms with Crippen LogP contribution in [0.3, 0.4) is 0 Å². The van der Waals surface area contributed by atoms with Gasteiger partial charge < -0.3 is 10.1 Å². The summed E-state index contributed by atoms with van der Waals surface area (Å²) in [6, 6.07) is 4.85. The molecule has 1 atom stereocenters. The first-order valence-corrected chi connectivity index (χ1v) is 8.68. The van der Waals surface area contributed by atoms with Crippen molar-refractivity contribution in [2.75, 3.05) is 17.2 Å². The number of esters is 1. The van der Waals surface area contributed by atoms with Crippen LogP contribution in [0.4, 0.5) is 20.0 Å². The second-order valence-electron chi connectivity index (χ2n) is 4.47. The van der Waals surface area contributed by atoms with E-state index in [-0.39, 0.29) is 16.9 Å². The zero-order chi connectivity index (χ0) is 17.5. The van der Waals surface area contributed by atoms with Crippen LogP contribution in [0.15, 0.2) is 28.6 Å². The van der Waals surface area contributed by atoms with Gasteiger partial charge in [-0.15, -0.1) is 10.2 Å². The number of aromatic nitrogens is 2. The Hall–Kier alpha value is -2.20. The Kier molecular flexibility index (Phi) is 6.50. The van der Waals surface area contributed by atoms with Crippen molar-refractivity contribution < 1.29 is 18.7 Å². The van der Waals surface area contributed by atoms with Gasteiger partial charge in [0, 0.05) is 5.69 Å². The van der Waals surface area contributed by atoms with E-state index in [1.54, 1.807) is 13.8 Å². The summed E-state index contributed by atoms with van der Waals surface area (Å²) in [5.41, 5.74) is 0.448. The minimum atomic E-state index is -0.521. The molecule has 2 N–H and O–H groups in total. The van der Waals surface area contributed by atoms with E-state index < -0.39 is 11.3 Å². The van der Waals surface area contributed by atoms with E-state index >= 15 is 0 Å². The van der Waals surface area contributed by atoms with Crippen LogP contribution in [-0.2, 0) is 9.53 Å². The van der Waals surface area contributed by atoms with Gasteiger partial charge in [0.1, 0.15) is 11.1 Å². The van der Waals surface area contributed by atoms with Gasteiger partial charge in [0.15, 0.2) is 4.34 Å². The smallest absolute Gasteiger partial charge is 0.325 e. The number of benzene rings is 1. The minimum absolute atomic E-state index is 0.285. The van der Waals surface area contributed by atoms with Crippen molar-refractivity contribution in [1.82, 2.24) is 10.2 Å². The SMILES string of the molecule is CCOC(=O)[C@@H](C)Sc1nnc(NC(=O)Nc2ccc(F)cc2)s1. The molecule has 128 valence electrons. The van der Waals surface area contributed by atoms with Crippen LogP contribution < -0.4 is 10.6 Å². The molecule has 0 aliphatic rings. The number of nitrogens with zero attached hydrogens (tertiary/aromatic N) is 2. The van der Waals surface area contributed by atoms with Crippen molar-refractivity contribution in [3.05, 3.63) is 30.1 Å². The lowest BCUT2D eigenvalue weighted by atomic mass is 10.3. The molecule has 0 fully saturated rings. The van der Waals surface area contributed by atoms with E-state index in [9.17, 15) is 14.0 Å². The Bertz CT molecular complexity index is 708. The van der Waals surface area contributed by atoms with Crippen LogP contribution in [0, 0.1) is 5.82 Å². The predicted molar refractivity (Wildman–Crippen MR) is 90.9 cm³/mol. The molecule has 1 heterocycles. The van der Waals surface area contributed by atoms with Crippen LogP contribution in [0.5, 0.6) is 0 Å². The first-order chi connectivity index (χ1) is 11.5. The quantitative estimate of drug-likeness (QED) is 0.460. The summed E-state index contributed by atoms with van der Waals surface area (Å²) in [5.74, 6) is -0.719. The Morgan fingerprint density at radius 1 is 1.29 bits per heavy atom. The highest BCUT2D eigenvalue weighted by molar-refractivity contribution is 8.02. The number of anilines is 2. The number of amides is 2. The summed E-state index contributed by atoms with van der Waals surface area (Å²) in [7, 11) is 0. The lowest BCUT2D eigenvalue weighted by molar-refractivity contribution is -0.142. The normalized spacial score (nSPS) is 11.6. The summed E-state index contributed by atoms with van der Waals surface area (Å²) in [4.78, 5) is 23.4. The molecule has 0 saturated carbocycles. The second-order valence-corrected chi connectivity index (χ2v) is 7.04. The van der Waals surface area contributed by atoms with Gasteiger partial charge in [0.2, 0.25) is 5.13 Å². The molecule has 2 amide bonds. The van der Waals surface area contributed by atoms with E-state index in [4.69, 9.17) is 4.74 Å². The summed E-state index contributed by atoms with van der Waals surface area (Å²) >= 11 is 2.34. The molecule has 0 aliphatic carbocycles. The van der Waals surface area contributed by atoms with Gasteiger partial charge >= 0.3 is 12.0 Å². The number of urea groups is 1. The third kappa shape index (κ3) is 5.46. The molecule has 0 unspecified atom stereocenters. The van der Waals surface area contributed by atoms with Crippen LogP contribution in [0.25, 0.3) is 0 Å². The molecule has 10 heteroatoms. The van der Waals surface area contributed by atoms with Crippen LogP contribution in [0.2, 0.25) is 0 Å². The molecular weight excluding hydrogens is 355 g/mol. The number of ether oxygens (including phenoxy) is 1. The summed E-state index contributed by atoms with van der Waals surface area (Å²) in [5, 5.41) is 12.7. The molecule has 24 heavy (non-hydrogen) atoms. The number of carbonyl (C=O) groups is 2. The summed E-state index contributed by atoms with van der Waals surface area (Å²) in [6.07, 6.45) is 0. The molecule has 1 aromatic heterocycles. The molecule has 0 aliphatic heterocycles. The van der Waals surface area contributed by atoms with Crippen molar-refractivity contribution in [1.29, 1.82) is 0 Å². The number of hydrogen-bond acceptors (Lipinski definition) is 7. The second kappa shape index (κ2) is 8.60. The topological polar surface area (TPSA) is 93.2 Å². The fraction of sp³-hybridized carbons (Fsp3) is 0.286. The molecule has 1 aromatic carbocycles. The first kappa shape index (κ1) is 18.1. The van der Waals surface area contributed by atoms with Crippen LogP contribution >= 0.6 is 23.1 Å². The largest absolute Gasteiger partial charge is 0.465 e. The average Bonchev–Trinajstić information content (AvgIpc) is 2.96. The van der Waals surface area contributed by atoms with E-state index in [0.29, 0.717) is 16.6 Å². The van der Waals surface area contributed by atoms with E-state index in [1.807, 2.05) is 0 Å². The minimum Gasteiger partial charge on any atom is -0.465 e. The van der Waals surface area contributed by atoms with Crippen LogP contribution in [-0.4, -0.2) is 34.1 Å². The van der Waals surface area contributed by atoms with Crippen molar-refractivity contribution >= 4 is 45.9 Å². The molecule has 2 rings (SSSR count). The van der Waals surface area contributed by atoms with Gasteiger partial charge in [-0.2, -0.15) is 0 Å². The molecule has 0 spiro atoms. The summed E-state index contributed by atoms with van der Waals surface area (Å²) in [6.45, 7) is 3.76.